The van der Waals surface area contributed by atoms with E-state index in [0.717, 1.165) is 11.3 Å². The molecule has 2 aromatic rings. The number of hydrogen-bond donors (Lipinski definition) is 0. The van der Waals surface area contributed by atoms with Crippen molar-refractivity contribution in [2.45, 2.75) is 19.3 Å². The first kappa shape index (κ1) is 18.5. The largest absolute Gasteiger partial charge is 0.494 e. The third-order valence-electron chi connectivity index (χ3n) is 4.87. The van der Waals surface area contributed by atoms with Crippen LogP contribution >= 0.6 is 11.6 Å². The molecule has 28 heavy (non-hydrogen) atoms. The van der Waals surface area contributed by atoms with E-state index < -0.39 is 17.7 Å². The first-order valence-electron chi connectivity index (χ1n) is 8.90. The summed E-state index contributed by atoms with van der Waals surface area (Å²) in [6.45, 7) is 2.44. The molecule has 0 fully saturated rings. The van der Waals surface area contributed by atoms with Crippen molar-refractivity contribution < 1.29 is 23.5 Å². The lowest BCUT2D eigenvalue weighted by atomic mass is 9.84. The standard InChI is InChI=1S/C21H17ClFNO4/c1-2-27-14-6-3-12(4-7-14)15-10-19(25)24(18-11-28-21(26)20(15)18)13-5-8-17(23)16(22)9-13/h3-9,15H,2,10-11H2,1H3. The fraction of sp³-hybridized carbons (Fsp3) is 0.238. The third-order valence-corrected chi connectivity index (χ3v) is 5.16. The van der Waals surface area contributed by atoms with E-state index in [1.165, 1.54) is 23.1 Å². The molecule has 0 radical (unpaired) electrons. The van der Waals surface area contributed by atoms with Crippen molar-refractivity contribution in [2.75, 3.05) is 18.1 Å². The highest BCUT2D eigenvalue weighted by atomic mass is 35.5. The van der Waals surface area contributed by atoms with E-state index in [9.17, 15) is 14.0 Å². The van der Waals surface area contributed by atoms with E-state index in [0.29, 0.717) is 23.6 Å². The number of nitrogens with zero attached hydrogens (tertiary/aromatic N) is 1. The van der Waals surface area contributed by atoms with E-state index in [-0.39, 0.29) is 24.0 Å². The Balaban J connectivity index is 1.76. The van der Waals surface area contributed by atoms with Gasteiger partial charge in [-0.2, -0.15) is 0 Å². The molecule has 0 N–H and O–H groups in total. The lowest BCUT2D eigenvalue weighted by Crippen LogP contribution is -2.37. The van der Waals surface area contributed by atoms with Crippen molar-refractivity contribution in [3.63, 3.8) is 0 Å². The highest BCUT2D eigenvalue weighted by Gasteiger charge is 2.43. The van der Waals surface area contributed by atoms with Crippen molar-refractivity contribution in [1.29, 1.82) is 0 Å². The second kappa shape index (κ2) is 7.28. The molecule has 5 nitrogen and oxygen atoms in total. The second-order valence-corrected chi connectivity index (χ2v) is 6.93. The van der Waals surface area contributed by atoms with Crippen molar-refractivity contribution >= 4 is 29.2 Å². The Morgan fingerprint density at radius 3 is 2.64 bits per heavy atom. The van der Waals surface area contributed by atoms with Gasteiger partial charge in [0, 0.05) is 12.3 Å². The van der Waals surface area contributed by atoms with Crippen LogP contribution < -0.4 is 9.64 Å². The number of rotatable bonds is 4. The average molecular weight is 402 g/mol. The van der Waals surface area contributed by atoms with Gasteiger partial charge in [-0.05, 0) is 42.8 Å². The molecular weight excluding hydrogens is 385 g/mol. The molecule has 0 saturated carbocycles. The summed E-state index contributed by atoms with van der Waals surface area (Å²) in [5.74, 6) is -0.909. The molecule has 1 atom stereocenters. The number of benzene rings is 2. The molecule has 7 heteroatoms. The number of ether oxygens (including phenoxy) is 2. The highest BCUT2D eigenvalue weighted by molar-refractivity contribution is 6.31. The Morgan fingerprint density at radius 1 is 1.21 bits per heavy atom. The summed E-state index contributed by atoms with van der Waals surface area (Å²) in [5.41, 5.74) is 2.17. The lowest BCUT2D eigenvalue weighted by molar-refractivity contribution is -0.136. The van der Waals surface area contributed by atoms with Crippen LogP contribution in [-0.4, -0.2) is 25.1 Å². The first-order valence-corrected chi connectivity index (χ1v) is 9.28. The summed E-state index contributed by atoms with van der Waals surface area (Å²) in [7, 11) is 0. The van der Waals surface area contributed by atoms with Crippen LogP contribution in [0.3, 0.4) is 0 Å². The number of cyclic esters (lactones) is 1. The van der Waals surface area contributed by atoms with Crippen LogP contribution in [0.15, 0.2) is 53.7 Å². The number of esters is 1. The fourth-order valence-electron chi connectivity index (χ4n) is 3.63. The van der Waals surface area contributed by atoms with Crippen LogP contribution in [0.25, 0.3) is 0 Å². The molecule has 0 aliphatic carbocycles. The van der Waals surface area contributed by atoms with Crippen molar-refractivity contribution in [1.82, 2.24) is 0 Å². The van der Waals surface area contributed by atoms with E-state index in [2.05, 4.69) is 0 Å². The van der Waals surface area contributed by atoms with Crippen LogP contribution in [0.2, 0.25) is 5.02 Å². The topological polar surface area (TPSA) is 55.8 Å². The SMILES string of the molecule is CCOc1ccc(C2CC(=O)N(c3ccc(F)c(Cl)c3)C3=C2C(=O)OC3)cc1. The molecule has 0 spiro atoms. The van der Waals surface area contributed by atoms with Gasteiger partial charge < -0.3 is 9.47 Å². The maximum atomic E-state index is 13.5. The van der Waals surface area contributed by atoms with Gasteiger partial charge in [0.05, 0.1) is 28.6 Å². The molecule has 2 aliphatic heterocycles. The quantitative estimate of drug-likeness (QED) is 0.720. The minimum atomic E-state index is -0.574. The number of hydrogen-bond acceptors (Lipinski definition) is 4. The highest BCUT2D eigenvalue weighted by Crippen LogP contribution is 2.42. The smallest absolute Gasteiger partial charge is 0.336 e. The van der Waals surface area contributed by atoms with Gasteiger partial charge in [-0.3, -0.25) is 9.69 Å². The predicted octanol–water partition coefficient (Wildman–Crippen LogP) is 4.21. The maximum Gasteiger partial charge on any atom is 0.336 e. The van der Waals surface area contributed by atoms with Gasteiger partial charge in [0.1, 0.15) is 18.2 Å². The summed E-state index contributed by atoms with van der Waals surface area (Å²) >= 11 is 5.88. The first-order chi connectivity index (χ1) is 13.5. The molecule has 4 rings (SSSR count). The number of carbonyl (C=O) groups is 2. The van der Waals surface area contributed by atoms with Crippen LogP contribution in [-0.2, 0) is 14.3 Å². The maximum absolute atomic E-state index is 13.5. The zero-order chi connectivity index (χ0) is 19.8. The summed E-state index contributed by atoms with van der Waals surface area (Å²) in [6.07, 6.45) is 0.0942. The van der Waals surface area contributed by atoms with E-state index >= 15 is 0 Å². The van der Waals surface area contributed by atoms with Gasteiger partial charge in [0.25, 0.3) is 0 Å². The average Bonchev–Trinajstić information content (AvgIpc) is 3.06. The molecule has 0 bridgehead atoms. The van der Waals surface area contributed by atoms with Gasteiger partial charge in [-0.15, -0.1) is 0 Å². The lowest BCUT2D eigenvalue weighted by Gasteiger charge is -2.32. The van der Waals surface area contributed by atoms with Gasteiger partial charge in [0.2, 0.25) is 5.91 Å². The third kappa shape index (κ3) is 3.14. The van der Waals surface area contributed by atoms with Crippen molar-refractivity contribution in [3.05, 3.63) is 70.1 Å². The zero-order valence-electron chi connectivity index (χ0n) is 15.1. The Bertz CT molecular complexity index is 986. The molecule has 0 aromatic heterocycles. The minimum absolute atomic E-state index is 0.0115. The molecule has 144 valence electrons. The molecule has 2 aromatic carbocycles. The van der Waals surface area contributed by atoms with E-state index in [1.54, 1.807) is 0 Å². The van der Waals surface area contributed by atoms with E-state index in [1.807, 2.05) is 31.2 Å². The van der Waals surface area contributed by atoms with Crippen LogP contribution in [0.4, 0.5) is 10.1 Å². The molecule has 1 unspecified atom stereocenters. The van der Waals surface area contributed by atoms with Gasteiger partial charge in [-0.1, -0.05) is 23.7 Å². The Kier molecular flexibility index (Phi) is 4.81. The normalized spacial score (nSPS) is 19.0. The van der Waals surface area contributed by atoms with Crippen LogP contribution in [0.5, 0.6) is 5.75 Å². The number of amides is 1. The Morgan fingerprint density at radius 2 is 1.96 bits per heavy atom. The van der Waals surface area contributed by atoms with Crippen LogP contribution in [0, 0.1) is 5.82 Å². The number of carbonyl (C=O) groups excluding carboxylic acids is 2. The number of anilines is 1. The molecule has 0 saturated heterocycles. The molecule has 2 aliphatic rings. The zero-order valence-corrected chi connectivity index (χ0v) is 15.8. The Labute approximate surface area is 166 Å². The molecule has 2 heterocycles. The fourth-order valence-corrected chi connectivity index (χ4v) is 3.80. The monoisotopic (exact) mass is 401 g/mol. The summed E-state index contributed by atoms with van der Waals surface area (Å²) in [4.78, 5) is 26.8. The summed E-state index contributed by atoms with van der Waals surface area (Å²) < 4.78 is 24.2. The molecular formula is C21H17ClFNO4. The minimum Gasteiger partial charge on any atom is -0.494 e. The van der Waals surface area contributed by atoms with Gasteiger partial charge in [0.15, 0.2) is 0 Å². The van der Waals surface area contributed by atoms with Gasteiger partial charge in [-0.25, -0.2) is 9.18 Å². The summed E-state index contributed by atoms with van der Waals surface area (Å²) in [6, 6.07) is 11.4. The number of halogens is 2. The summed E-state index contributed by atoms with van der Waals surface area (Å²) in [5, 5.41) is -0.0914. The van der Waals surface area contributed by atoms with E-state index in [4.69, 9.17) is 21.1 Å². The predicted molar refractivity (Wildman–Crippen MR) is 102 cm³/mol. The van der Waals surface area contributed by atoms with Crippen molar-refractivity contribution in [2.24, 2.45) is 0 Å². The van der Waals surface area contributed by atoms with Crippen LogP contribution in [0.1, 0.15) is 24.8 Å². The Hall–Kier alpha value is -2.86. The van der Waals surface area contributed by atoms with Gasteiger partial charge >= 0.3 is 5.97 Å². The molecule has 1 amide bonds. The van der Waals surface area contributed by atoms with Crippen molar-refractivity contribution in [3.8, 4) is 5.75 Å². The second-order valence-electron chi connectivity index (χ2n) is 6.52.